The first kappa shape index (κ1) is 13.8. The highest BCUT2D eigenvalue weighted by atomic mass is 35.5. The zero-order valence-electron chi connectivity index (χ0n) is 10.8. The zero-order valence-corrected chi connectivity index (χ0v) is 11.5. The maximum absolute atomic E-state index is 13.1. The number of aliphatic hydroxyl groups excluding tert-OH is 1. The average molecular weight is 271 g/mol. The predicted octanol–water partition coefficient (Wildman–Crippen LogP) is 4.35. The molecular weight excluding hydrogens is 251 g/mol. The van der Waals surface area contributed by atoms with Crippen LogP contribution in [0, 0.1) is 11.2 Å². The molecule has 1 aliphatic carbocycles. The van der Waals surface area contributed by atoms with Crippen LogP contribution in [0.4, 0.5) is 4.39 Å². The molecule has 18 heavy (non-hydrogen) atoms. The standard InChI is InChI=1S/C15H20ClFO/c1-15(7-3-2-4-8-15)14(18)10-11-5-6-13(17)12(16)9-11/h5-6,9,14,18H,2-4,7-8,10H2,1H3. The summed E-state index contributed by atoms with van der Waals surface area (Å²) >= 11 is 5.76. The second-order valence-electron chi connectivity index (χ2n) is 5.68. The number of halogens is 2. The van der Waals surface area contributed by atoms with Crippen molar-refractivity contribution < 1.29 is 9.50 Å². The molecule has 2 rings (SSSR count). The minimum absolute atomic E-state index is 0.000881. The molecule has 0 amide bonds. The molecule has 1 N–H and O–H groups in total. The van der Waals surface area contributed by atoms with Gasteiger partial charge in [-0.15, -0.1) is 0 Å². The van der Waals surface area contributed by atoms with Crippen LogP contribution >= 0.6 is 11.6 Å². The maximum Gasteiger partial charge on any atom is 0.141 e. The van der Waals surface area contributed by atoms with Crippen molar-refractivity contribution in [2.75, 3.05) is 0 Å². The van der Waals surface area contributed by atoms with Gasteiger partial charge in [-0.1, -0.05) is 43.9 Å². The lowest BCUT2D eigenvalue weighted by Gasteiger charge is -2.38. The molecule has 1 saturated carbocycles. The van der Waals surface area contributed by atoms with Crippen molar-refractivity contribution in [1.82, 2.24) is 0 Å². The Labute approximate surface area is 113 Å². The lowest BCUT2D eigenvalue weighted by atomic mass is 9.70. The molecule has 0 bridgehead atoms. The van der Waals surface area contributed by atoms with Gasteiger partial charge in [-0.25, -0.2) is 4.39 Å². The Hall–Kier alpha value is -0.600. The maximum atomic E-state index is 13.1. The van der Waals surface area contributed by atoms with Crippen molar-refractivity contribution in [2.45, 2.75) is 51.6 Å². The third-order valence-corrected chi connectivity index (χ3v) is 4.50. The van der Waals surface area contributed by atoms with Crippen LogP contribution in [0.2, 0.25) is 5.02 Å². The van der Waals surface area contributed by atoms with Gasteiger partial charge in [-0.3, -0.25) is 0 Å². The molecule has 0 spiro atoms. The normalized spacial score (nSPS) is 20.7. The predicted molar refractivity (Wildman–Crippen MR) is 72.3 cm³/mol. The minimum atomic E-state index is -0.404. The molecule has 1 unspecified atom stereocenters. The van der Waals surface area contributed by atoms with Gasteiger partial charge in [0.2, 0.25) is 0 Å². The summed E-state index contributed by atoms with van der Waals surface area (Å²) in [6, 6.07) is 4.69. The number of aliphatic hydroxyl groups is 1. The quantitative estimate of drug-likeness (QED) is 0.866. The van der Waals surface area contributed by atoms with Crippen LogP contribution in [-0.2, 0) is 6.42 Å². The lowest BCUT2D eigenvalue weighted by Crippen LogP contribution is -2.35. The monoisotopic (exact) mass is 270 g/mol. The molecule has 0 aromatic heterocycles. The number of rotatable bonds is 3. The molecule has 0 radical (unpaired) electrons. The van der Waals surface area contributed by atoms with E-state index >= 15 is 0 Å². The summed E-state index contributed by atoms with van der Waals surface area (Å²) in [7, 11) is 0. The van der Waals surface area contributed by atoms with Crippen molar-refractivity contribution in [3.05, 3.63) is 34.6 Å². The number of benzene rings is 1. The van der Waals surface area contributed by atoms with Crippen LogP contribution in [0.1, 0.15) is 44.6 Å². The van der Waals surface area contributed by atoms with Crippen LogP contribution in [0.15, 0.2) is 18.2 Å². The summed E-state index contributed by atoms with van der Waals surface area (Å²) in [5.74, 6) is -0.404. The molecule has 0 heterocycles. The van der Waals surface area contributed by atoms with Crippen LogP contribution in [-0.4, -0.2) is 11.2 Å². The van der Waals surface area contributed by atoms with Gasteiger partial charge < -0.3 is 5.11 Å². The van der Waals surface area contributed by atoms with Crippen molar-refractivity contribution in [3.8, 4) is 0 Å². The average Bonchev–Trinajstić information content (AvgIpc) is 2.35. The fourth-order valence-corrected chi connectivity index (χ4v) is 3.03. The fraction of sp³-hybridized carbons (Fsp3) is 0.600. The Morgan fingerprint density at radius 2 is 2.00 bits per heavy atom. The summed E-state index contributed by atoms with van der Waals surface area (Å²) < 4.78 is 13.1. The molecule has 1 atom stereocenters. The summed E-state index contributed by atoms with van der Waals surface area (Å²) in [5.41, 5.74) is 0.903. The Morgan fingerprint density at radius 1 is 1.33 bits per heavy atom. The largest absolute Gasteiger partial charge is 0.392 e. The van der Waals surface area contributed by atoms with E-state index in [1.807, 2.05) is 0 Å². The van der Waals surface area contributed by atoms with Gasteiger partial charge in [-0.05, 0) is 42.4 Å². The van der Waals surface area contributed by atoms with Crippen LogP contribution < -0.4 is 0 Å². The van der Waals surface area contributed by atoms with E-state index in [0.717, 1.165) is 18.4 Å². The van der Waals surface area contributed by atoms with E-state index in [1.165, 1.54) is 25.3 Å². The second-order valence-corrected chi connectivity index (χ2v) is 6.09. The third kappa shape index (κ3) is 3.04. The Bertz CT molecular complexity index is 413. The molecule has 0 aliphatic heterocycles. The van der Waals surface area contributed by atoms with Gasteiger partial charge in [0.15, 0.2) is 0 Å². The van der Waals surface area contributed by atoms with Crippen molar-refractivity contribution in [2.24, 2.45) is 5.41 Å². The summed E-state index contributed by atoms with van der Waals surface area (Å²) in [4.78, 5) is 0. The van der Waals surface area contributed by atoms with Crippen molar-refractivity contribution in [3.63, 3.8) is 0 Å². The summed E-state index contributed by atoms with van der Waals surface area (Å²) in [6.07, 6.45) is 5.97. The third-order valence-electron chi connectivity index (χ3n) is 4.21. The number of hydrogen-bond donors (Lipinski definition) is 1. The smallest absolute Gasteiger partial charge is 0.141 e. The first-order chi connectivity index (χ1) is 8.51. The van der Waals surface area contributed by atoms with Crippen molar-refractivity contribution in [1.29, 1.82) is 0 Å². The van der Waals surface area contributed by atoms with E-state index in [2.05, 4.69) is 6.92 Å². The van der Waals surface area contributed by atoms with Gasteiger partial charge in [0.1, 0.15) is 5.82 Å². The minimum Gasteiger partial charge on any atom is -0.392 e. The van der Waals surface area contributed by atoms with Crippen LogP contribution in [0.25, 0.3) is 0 Å². The Balaban J connectivity index is 2.05. The van der Waals surface area contributed by atoms with Gasteiger partial charge in [0.25, 0.3) is 0 Å². The molecular formula is C15H20ClFO. The molecule has 0 saturated heterocycles. The Morgan fingerprint density at radius 3 is 2.61 bits per heavy atom. The zero-order chi connectivity index (χ0) is 13.2. The highest BCUT2D eigenvalue weighted by Crippen LogP contribution is 2.39. The highest BCUT2D eigenvalue weighted by Gasteiger charge is 2.34. The second kappa shape index (κ2) is 5.58. The first-order valence-electron chi connectivity index (χ1n) is 6.63. The number of hydrogen-bond acceptors (Lipinski definition) is 1. The molecule has 1 aromatic carbocycles. The van der Waals surface area contributed by atoms with Crippen molar-refractivity contribution >= 4 is 11.6 Å². The Kier molecular flexibility index (Phi) is 4.29. The first-order valence-corrected chi connectivity index (χ1v) is 7.01. The topological polar surface area (TPSA) is 20.2 Å². The molecule has 1 aromatic rings. The molecule has 1 aliphatic rings. The van der Waals surface area contributed by atoms with E-state index < -0.39 is 5.82 Å². The summed E-state index contributed by atoms with van der Waals surface area (Å²) in [5, 5.41) is 10.5. The van der Waals surface area contributed by atoms with E-state index in [9.17, 15) is 9.50 Å². The SMILES string of the molecule is CC1(C(O)Cc2ccc(F)c(Cl)c2)CCCCC1. The van der Waals surface area contributed by atoms with E-state index in [1.54, 1.807) is 12.1 Å². The van der Waals surface area contributed by atoms with Crippen LogP contribution in [0.5, 0.6) is 0 Å². The lowest BCUT2D eigenvalue weighted by molar-refractivity contribution is 0.0104. The molecule has 3 heteroatoms. The van der Waals surface area contributed by atoms with Gasteiger partial charge in [-0.2, -0.15) is 0 Å². The fourth-order valence-electron chi connectivity index (χ4n) is 2.83. The van der Waals surface area contributed by atoms with E-state index in [0.29, 0.717) is 6.42 Å². The van der Waals surface area contributed by atoms with Gasteiger partial charge in [0.05, 0.1) is 11.1 Å². The molecule has 1 nitrogen and oxygen atoms in total. The van der Waals surface area contributed by atoms with E-state index in [-0.39, 0.29) is 16.5 Å². The van der Waals surface area contributed by atoms with E-state index in [4.69, 9.17) is 11.6 Å². The summed E-state index contributed by atoms with van der Waals surface area (Å²) in [6.45, 7) is 2.15. The highest BCUT2D eigenvalue weighted by molar-refractivity contribution is 6.30. The molecule has 1 fully saturated rings. The van der Waals surface area contributed by atoms with Crippen LogP contribution in [0.3, 0.4) is 0 Å². The molecule has 100 valence electrons. The van der Waals surface area contributed by atoms with Gasteiger partial charge in [0, 0.05) is 0 Å². The van der Waals surface area contributed by atoms with Gasteiger partial charge >= 0.3 is 0 Å².